The van der Waals surface area contributed by atoms with Crippen LogP contribution in [0.4, 0.5) is 8.78 Å². The standard InChI is InChI=1S/C14H19F2NO2/c1-17(9-13(18)11-5-6-11)8-10-3-2-4-12(7-10)19-14(15)16/h2-4,7,11,13-14,18H,5-6,8-9H2,1H3. The Bertz CT molecular complexity index is 410. The van der Waals surface area contributed by atoms with Crippen LogP contribution in [0.5, 0.6) is 5.75 Å². The van der Waals surface area contributed by atoms with Crippen molar-refractivity contribution in [3.63, 3.8) is 0 Å². The molecule has 1 aromatic carbocycles. The number of ether oxygens (including phenoxy) is 1. The third kappa shape index (κ3) is 4.76. The van der Waals surface area contributed by atoms with E-state index in [1.165, 1.54) is 6.07 Å². The summed E-state index contributed by atoms with van der Waals surface area (Å²) < 4.78 is 28.6. The summed E-state index contributed by atoms with van der Waals surface area (Å²) >= 11 is 0. The van der Waals surface area contributed by atoms with Gasteiger partial charge in [0.1, 0.15) is 5.75 Å². The van der Waals surface area contributed by atoms with Crippen molar-refractivity contribution >= 4 is 0 Å². The van der Waals surface area contributed by atoms with Gasteiger partial charge in [0.2, 0.25) is 0 Å². The average molecular weight is 271 g/mol. The maximum atomic E-state index is 12.1. The first-order valence-electron chi connectivity index (χ1n) is 6.45. The predicted molar refractivity (Wildman–Crippen MR) is 68.1 cm³/mol. The zero-order chi connectivity index (χ0) is 13.8. The highest BCUT2D eigenvalue weighted by Gasteiger charge is 2.30. The molecule has 1 saturated carbocycles. The maximum absolute atomic E-state index is 12.1. The summed E-state index contributed by atoms with van der Waals surface area (Å²) in [6, 6.07) is 6.66. The Morgan fingerprint density at radius 1 is 1.42 bits per heavy atom. The van der Waals surface area contributed by atoms with Crippen LogP contribution in [-0.4, -0.2) is 36.3 Å². The van der Waals surface area contributed by atoms with Crippen LogP contribution < -0.4 is 4.74 Å². The van der Waals surface area contributed by atoms with Gasteiger partial charge in [-0.15, -0.1) is 0 Å². The number of hydrogen-bond acceptors (Lipinski definition) is 3. The molecule has 0 spiro atoms. The molecule has 0 amide bonds. The van der Waals surface area contributed by atoms with E-state index in [0.29, 0.717) is 19.0 Å². The Morgan fingerprint density at radius 3 is 2.79 bits per heavy atom. The molecule has 1 fully saturated rings. The van der Waals surface area contributed by atoms with Gasteiger partial charge in [0, 0.05) is 13.1 Å². The third-order valence-corrected chi connectivity index (χ3v) is 3.24. The number of benzene rings is 1. The smallest absolute Gasteiger partial charge is 0.387 e. The lowest BCUT2D eigenvalue weighted by Crippen LogP contribution is -2.30. The average Bonchev–Trinajstić information content (AvgIpc) is 3.11. The fraction of sp³-hybridized carbons (Fsp3) is 0.571. The largest absolute Gasteiger partial charge is 0.435 e. The van der Waals surface area contributed by atoms with Gasteiger partial charge in [-0.05, 0) is 43.5 Å². The second kappa shape index (κ2) is 6.30. The Balaban J connectivity index is 1.86. The zero-order valence-corrected chi connectivity index (χ0v) is 10.9. The lowest BCUT2D eigenvalue weighted by atomic mass is 10.2. The van der Waals surface area contributed by atoms with Crippen molar-refractivity contribution < 1.29 is 18.6 Å². The first kappa shape index (κ1) is 14.2. The van der Waals surface area contributed by atoms with E-state index in [9.17, 15) is 13.9 Å². The molecule has 2 rings (SSSR count). The summed E-state index contributed by atoms with van der Waals surface area (Å²) in [6.45, 7) is -1.60. The number of hydrogen-bond donors (Lipinski definition) is 1. The lowest BCUT2D eigenvalue weighted by molar-refractivity contribution is -0.0499. The number of likely N-dealkylation sites (N-methyl/N-ethyl adjacent to an activating group) is 1. The molecule has 0 aromatic heterocycles. The van der Waals surface area contributed by atoms with Gasteiger partial charge in [0.25, 0.3) is 0 Å². The fourth-order valence-electron chi connectivity index (χ4n) is 2.15. The van der Waals surface area contributed by atoms with Gasteiger partial charge in [0.05, 0.1) is 6.10 Å². The van der Waals surface area contributed by atoms with E-state index in [-0.39, 0.29) is 11.9 Å². The Morgan fingerprint density at radius 2 is 2.16 bits per heavy atom. The van der Waals surface area contributed by atoms with Crippen LogP contribution >= 0.6 is 0 Å². The number of rotatable bonds is 7. The Hall–Kier alpha value is -1.20. The molecule has 1 unspecified atom stereocenters. The van der Waals surface area contributed by atoms with Crippen LogP contribution in [0.3, 0.4) is 0 Å². The third-order valence-electron chi connectivity index (χ3n) is 3.24. The molecule has 5 heteroatoms. The minimum Gasteiger partial charge on any atom is -0.435 e. The highest BCUT2D eigenvalue weighted by molar-refractivity contribution is 5.28. The van der Waals surface area contributed by atoms with Gasteiger partial charge >= 0.3 is 6.61 Å². The molecule has 0 bridgehead atoms. The van der Waals surface area contributed by atoms with Gasteiger partial charge in [-0.2, -0.15) is 8.78 Å². The van der Waals surface area contributed by atoms with Crippen molar-refractivity contribution in [1.82, 2.24) is 4.90 Å². The number of halogens is 2. The molecular formula is C14H19F2NO2. The van der Waals surface area contributed by atoms with Crippen LogP contribution in [0.15, 0.2) is 24.3 Å². The van der Waals surface area contributed by atoms with Gasteiger partial charge in [-0.1, -0.05) is 12.1 Å². The molecule has 0 aliphatic heterocycles. The molecule has 3 nitrogen and oxygen atoms in total. The first-order chi connectivity index (χ1) is 9.04. The van der Waals surface area contributed by atoms with E-state index in [0.717, 1.165) is 18.4 Å². The summed E-state index contributed by atoms with van der Waals surface area (Å²) in [5.74, 6) is 0.611. The van der Waals surface area contributed by atoms with Gasteiger partial charge in [-0.3, -0.25) is 4.90 Å². The lowest BCUT2D eigenvalue weighted by Gasteiger charge is -2.20. The maximum Gasteiger partial charge on any atom is 0.387 e. The molecule has 106 valence electrons. The van der Waals surface area contributed by atoms with Crippen LogP contribution in [-0.2, 0) is 6.54 Å². The quantitative estimate of drug-likeness (QED) is 0.827. The molecule has 0 saturated heterocycles. The van der Waals surface area contributed by atoms with Crippen molar-refractivity contribution in [3.05, 3.63) is 29.8 Å². The van der Waals surface area contributed by atoms with Gasteiger partial charge < -0.3 is 9.84 Å². The van der Waals surface area contributed by atoms with Crippen LogP contribution in [0.1, 0.15) is 18.4 Å². The number of aliphatic hydroxyl groups is 1. The van der Waals surface area contributed by atoms with Crippen molar-refractivity contribution in [2.24, 2.45) is 5.92 Å². The Kier molecular flexibility index (Phi) is 4.71. The van der Waals surface area contributed by atoms with Crippen molar-refractivity contribution in [2.75, 3.05) is 13.6 Å². The topological polar surface area (TPSA) is 32.7 Å². The second-order valence-corrected chi connectivity index (χ2v) is 5.13. The molecule has 1 aliphatic rings. The van der Waals surface area contributed by atoms with Gasteiger partial charge in [-0.25, -0.2) is 0 Å². The first-order valence-corrected chi connectivity index (χ1v) is 6.45. The fourth-order valence-corrected chi connectivity index (χ4v) is 2.15. The summed E-state index contributed by atoms with van der Waals surface area (Å²) in [5, 5.41) is 9.85. The van der Waals surface area contributed by atoms with E-state index in [1.54, 1.807) is 12.1 Å². The summed E-state index contributed by atoms with van der Waals surface area (Å²) in [7, 11) is 1.91. The number of aliphatic hydroxyl groups excluding tert-OH is 1. The highest BCUT2D eigenvalue weighted by Crippen LogP contribution is 2.32. The summed E-state index contributed by atoms with van der Waals surface area (Å²) in [4.78, 5) is 1.99. The minimum atomic E-state index is -2.80. The molecule has 1 N–H and O–H groups in total. The van der Waals surface area contributed by atoms with E-state index >= 15 is 0 Å². The van der Waals surface area contributed by atoms with E-state index in [1.807, 2.05) is 18.0 Å². The van der Waals surface area contributed by atoms with Crippen molar-refractivity contribution in [2.45, 2.75) is 32.1 Å². The van der Waals surface area contributed by atoms with Crippen molar-refractivity contribution in [3.8, 4) is 5.75 Å². The molecule has 1 aliphatic carbocycles. The van der Waals surface area contributed by atoms with Crippen LogP contribution in [0.2, 0.25) is 0 Å². The predicted octanol–water partition coefficient (Wildman–Crippen LogP) is 2.49. The monoisotopic (exact) mass is 271 g/mol. The van der Waals surface area contributed by atoms with E-state index < -0.39 is 6.61 Å². The minimum absolute atomic E-state index is 0.170. The molecule has 1 atom stereocenters. The number of nitrogens with zero attached hydrogens (tertiary/aromatic N) is 1. The number of alkyl halides is 2. The summed E-state index contributed by atoms with van der Waals surface area (Å²) in [6.07, 6.45) is 1.92. The van der Waals surface area contributed by atoms with E-state index in [4.69, 9.17) is 0 Å². The van der Waals surface area contributed by atoms with Crippen molar-refractivity contribution in [1.29, 1.82) is 0 Å². The molecule has 1 aromatic rings. The van der Waals surface area contributed by atoms with Crippen LogP contribution in [0.25, 0.3) is 0 Å². The van der Waals surface area contributed by atoms with E-state index in [2.05, 4.69) is 4.74 Å². The normalized spacial score (nSPS) is 16.9. The summed E-state index contributed by atoms with van der Waals surface area (Å²) in [5.41, 5.74) is 0.892. The van der Waals surface area contributed by atoms with Gasteiger partial charge in [0.15, 0.2) is 0 Å². The molecule has 19 heavy (non-hydrogen) atoms. The molecule has 0 radical (unpaired) electrons. The SMILES string of the molecule is CN(Cc1cccc(OC(F)F)c1)CC(O)C1CC1. The molecule has 0 heterocycles. The zero-order valence-electron chi connectivity index (χ0n) is 10.9. The highest BCUT2D eigenvalue weighted by atomic mass is 19.3. The second-order valence-electron chi connectivity index (χ2n) is 5.13. The molecular weight excluding hydrogens is 252 g/mol. The van der Waals surface area contributed by atoms with Crippen LogP contribution in [0, 0.1) is 5.92 Å². The Labute approximate surface area is 111 Å².